The zero-order valence-electron chi connectivity index (χ0n) is 18.6. The van der Waals surface area contributed by atoms with E-state index in [2.05, 4.69) is 32.8 Å². The molecule has 0 spiro atoms. The van der Waals surface area contributed by atoms with Gasteiger partial charge in [0.05, 0.1) is 26.0 Å². The van der Waals surface area contributed by atoms with Crippen LogP contribution in [0.2, 0.25) is 0 Å². The van der Waals surface area contributed by atoms with Crippen molar-refractivity contribution in [1.82, 2.24) is 19.9 Å². The number of nitrogens with one attached hydrogen (secondary N) is 2. The summed E-state index contributed by atoms with van der Waals surface area (Å²) in [4.78, 5) is 19.4. The van der Waals surface area contributed by atoms with E-state index in [4.69, 9.17) is 14.8 Å². The number of fused-ring (bicyclic) bond motifs is 1. The van der Waals surface area contributed by atoms with Gasteiger partial charge in [0.25, 0.3) is 5.91 Å². The van der Waals surface area contributed by atoms with Crippen LogP contribution in [0, 0.1) is 0 Å². The van der Waals surface area contributed by atoms with Crippen LogP contribution >= 0.6 is 0 Å². The van der Waals surface area contributed by atoms with Crippen molar-refractivity contribution in [3.8, 4) is 11.1 Å². The molecule has 0 unspecified atom stereocenters. The Morgan fingerprint density at radius 2 is 1.91 bits per heavy atom. The fraction of sp³-hybridized carbons (Fsp3) is 0.240. The maximum absolute atomic E-state index is 12.3. The Bertz CT molecular complexity index is 1280. The third-order valence-corrected chi connectivity index (χ3v) is 5.72. The van der Waals surface area contributed by atoms with Crippen molar-refractivity contribution in [2.45, 2.75) is 0 Å². The maximum atomic E-state index is 12.3. The van der Waals surface area contributed by atoms with Crippen molar-refractivity contribution in [3.05, 3.63) is 72.6 Å². The SMILES string of the molecule is O=C(NCCO)c1cccc(-c2cnn3ccc(Nc4ccc(N5CCOCC5)cc4)nc23)c1. The maximum Gasteiger partial charge on any atom is 0.251 e. The summed E-state index contributed by atoms with van der Waals surface area (Å²) in [5.74, 6) is 0.466. The van der Waals surface area contributed by atoms with Crippen molar-refractivity contribution in [2.75, 3.05) is 49.7 Å². The summed E-state index contributed by atoms with van der Waals surface area (Å²) in [5.41, 5.74) is 4.98. The van der Waals surface area contributed by atoms with E-state index >= 15 is 0 Å². The van der Waals surface area contributed by atoms with Crippen LogP contribution in [0.25, 0.3) is 16.8 Å². The van der Waals surface area contributed by atoms with E-state index in [0.29, 0.717) is 17.0 Å². The summed E-state index contributed by atoms with van der Waals surface area (Å²) in [6.45, 7) is 3.43. The van der Waals surface area contributed by atoms with Crippen molar-refractivity contribution >= 4 is 28.7 Å². The van der Waals surface area contributed by atoms with Gasteiger partial charge < -0.3 is 25.4 Å². The number of hydrogen-bond donors (Lipinski definition) is 3. The van der Waals surface area contributed by atoms with E-state index in [1.165, 1.54) is 5.69 Å². The number of benzene rings is 2. The summed E-state index contributed by atoms with van der Waals surface area (Å²) in [7, 11) is 0. The van der Waals surface area contributed by atoms with Crippen LogP contribution in [-0.4, -0.2) is 65.1 Å². The van der Waals surface area contributed by atoms with E-state index in [0.717, 1.165) is 43.1 Å². The summed E-state index contributed by atoms with van der Waals surface area (Å²) >= 11 is 0. The van der Waals surface area contributed by atoms with Crippen LogP contribution in [0.15, 0.2) is 67.0 Å². The monoisotopic (exact) mass is 458 g/mol. The Hall–Kier alpha value is -3.95. The highest BCUT2D eigenvalue weighted by Gasteiger charge is 2.13. The molecule has 3 heterocycles. The van der Waals surface area contributed by atoms with Gasteiger partial charge in [0.1, 0.15) is 5.82 Å². The second kappa shape index (κ2) is 9.90. The lowest BCUT2D eigenvalue weighted by Gasteiger charge is -2.28. The zero-order valence-corrected chi connectivity index (χ0v) is 18.6. The molecule has 1 aliphatic rings. The molecule has 0 aliphatic carbocycles. The highest BCUT2D eigenvalue weighted by molar-refractivity contribution is 5.96. The summed E-state index contributed by atoms with van der Waals surface area (Å²) in [6.07, 6.45) is 3.60. The van der Waals surface area contributed by atoms with Crippen LogP contribution in [0.3, 0.4) is 0 Å². The molecule has 2 aromatic carbocycles. The smallest absolute Gasteiger partial charge is 0.251 e. The number of anilines is 3. The van der Waals surface area contributed by atoms with Crippen LogP contribution in [-0.2, 0) is 4.74 Å². The Morgan fingerprint density at radius 1 is 1.09 bits per heavy atom. The van der Waals surface area contributed by atoms with Crippen molar-refractivity contribution in [1.29, 1.82) is 0 Å². The first-order chi connectivity index (χ1) is 16.7. The molecule has 0 bridgehead atoms. The number of aliphatic hydroxyl groups is 1. The minimum atomic E-state index is -0.233. The molecule has 5 rings (SSSR count). The zero-order chi connectivity index (χ0) is 23.3. The van der Waals surface area contributed by atoms with E-state index in [1.807, 2.05) is 36.5 Å². The lowest BCUT2D eigenvalue weighted by molar-refractivity contribution is 0.0945. The van der Waals surface area contributed by atoms with E-state index in [9.17, 15) is 4.79 Å². The summed E-state index contributed by atoms with van der Waals surface area (Å²) in [6, 6.07) is 17.5. The molecule has 34 heavy (non-hydrogen) atoms. The first-order valence-corrected chi connectivity index (χ1v) is 11.2. The number of ether oxygens (including phenoxy) is 1. The van der Waals surface area contributed by atoms with E-state index in [1.54, 1.807) is 22.8 Å². The van der Waals surface area contributed by atoms with Gasteiger partial charge in [-0.1, -0.05) is 12.1 Å². The number of aromatic nitrogens is 3. The van der Waals surface area contributed by atoms with Gasteiger partial charge in [-0.25, -0.2) is 9.50 Å². The fourth-order valence-electron chi connectivity index (χ4n) is 3.97. The van der Waals surface area contributed by atoms with E-state index < -0.39 is 0 Å². The summed E-state index contributed by atoms with van der Waals surface area (Å²) in [5, 5.41) is 19.4. The van der Waals surface area contributed by atoms with Gasteiger partial charge in [0.15, 0.2) is 5.65 Å². The number of carbonyl (C=O) groups excluding carboxylic acids is 1. The standard InChI is InChI=1S/C25H26N6O3/c32-13-9-26-25(33)19-3-1-2-18(16-19)22-17-27-31-10-8-23(29-24(22)31)28-20-4-6-21(7-5-20)30-11-14-34-15-12-30/h1-8,10,16-17,32H,9,11-15H2,(H,26,33)(H,28,29). The Kier molecular flexibility index (Phi) is 6.37. The molecule has 1 saturated heterocycles. The molecule has 1 amide bonds. The second-order valence-electron chi connectivity index (χ2n) is 7.97. The van der Waals surface area contributed by atoms with Crippen LogP contribution < -0.4 is 15.5 Å². The highest BCUT2D eigenvalue weighted by atomic mass is 16.5. The normalized spacial score (nSPS) is 13.7. The molecule has 1 fully saturated rings. The molecule has 1 aliphatic heterocycles. The lowest BCUT2D eigenvalue weighted by Crippen LogP contribution is -2.36. The minimum absolute atomic E-state index is 0.102. The number of amides is 1. The molecule has 2 aromatic heterocycles. The first-order valence-electron chi connectivity index (χ1n) is 11.2. The second-order valence-corrected chi connectivity index (χ2v) is 7.97. The lowest BCUT2D eigenvalue weighted by atomic mass is 10.1. The quantitative estimate of drug-likeness (QED) is 0.391. The number of aliphatic hydroxyl groups excluding tert-OH is 1. The van der Waals surface area contributed by atoms with Gasteiger partial charge in [-0.05, 0) is 48.0 Å². The molecule has 3 N–H and O–H groups in total. The van der Waals surface area contributed by atoms with Crippen LogP contribution in [0.4, 0.5) is 17.2 Å². The number of hydrogen-bond acceptors (Lipinski definition) is 7. The minimum Gasteiger partial charge on any atom is -0.395 e. The Balaban J connectivity index is 1.37. The number of nitrogens with zero attached hydrogens (tertiary/aromatic N) is 4. The van der Waals surface area contributed by atoms with Gasteiger partial charge in [0, 0.05) is 48.3 Å². The first kappa shape index (κ1) is 21.9. The van der Waals surface area contributed by atoms with Gasteiger partial charge in [-0.15, -0.1) is 0 Å². The Labute approximate surface area is 197 Å². The molecular formula is C25H26N6O3. The fourth-order valence-corrected chi connectivity index (χ4v) is 3.97. The molecule has 9 nitrogen and oxygen atoms in total. The van der Waals surface area contributed by atoms with Gasteiger partial charge in [-0.2, -0.15) is 5.10 Å². The molecule has 174 valence electrons. The van der Waals surface area contributed by atoms with Crippen LogP contribution in [0.1, 0.15) is 10.4 Å². The predicted molar refractivity (Wildman–Crippen MR) is 131 cm³/mol. The molecule has 9 heteroatoms. The number of morpholine rings is 1. The molecule has 0 atom stereocenters. The average molecular weight is 459 g/mol. The number of rotatable bonds is 7. The van der Waals surface area contributed by atoms with Crippen molar-refractivity contribution < 1.29 is 14.6 Å². The predicted octanol–water partition coefficient (Wildman–Crippen LogP) is 2.70. The van der Waals surface area contributed by atoms with Gasteiger partial charge in [-0.3, -0.25) is 4.79 Å². The molecule has 0 saturated carbocycles. The van der Waals surface area contributed by atoms with Crippen LogP contribution in [0.5, 0.6) is 0 Å². The highest BCUT2D eigenvalue weighted by Crippen LogP contribution is 2.26. The van der Waals surface area contributed by atoms with E-state index in [-0.39, 0.29) is 19.1 Å². The third kappa shape index (κ3) is 4.70. The third-order valence-electron chi connectivity index (χ3n) is 5.72. The summed E-state index contributed by atoms with van der Waals surface area (Å²) < 4.78 is 7.14. The molecular weight excluding hydrogens is 432 g/mol. The molecule has 4 aromatic rings. The molecule has 0 radical (unpaired) electrons. The van der Waals surface area contributed by atoms with Gasteiger partial charge in [0.2, 0.25) is 0 Å². The van der Waals surface area contributed by atoms with Crippen molar-refractivity contribution in [2.24, 2.45) is 0 Å². The van der Waals surface area contributed by atoms with Gasteiger partial charge >= 0.3 is 0 Å². The average Bonchev–Trinajstić information content (AvgIpc) is 3.32. The Morgan fingerprint density at radius 3 is 2.71 bits per heavy atom. The number of carbonyl (C=O) groups is 1. The largest absolute Gasteiger partial charge is 0.395 e. The topological polar surface area (TPSA) is 104 Å². The van der Waals surface area contributed by atoms with Crippen molar-refractivity contribution in [3.63, 3.8) is 0 Å².